The van der Waals surface area contributed by atoms with Gasteiger partial charge in [-0.05, 0) is 19.8 Å². The molecule has 2 atom stereocenters. The van der Waals surface area contributed by atoms with Crippen molar-refractivity contribution in [2.75, 3.05) is 0 Å². The van der Waals surface area contributed by atoms with Gasteiger partial charge in [-0.15, -0.1) is 0 Å². The third-order valence-electron chi connectivity index (χ3n) is 3.96. The highest BCUT2D eigenvalue weighted by Crippen LogP contribution is 2.20. The van der Waals surface area contributed by atoms with Crippen LogP contribution in [0.4, 0.5) is 5.69 Å². The number of aryl methyl sites for hydroxylation is 1. The molecule has 1 saturated carbocycles. The normalized spacial score (nSPS) is 22.6. The number of aromatic nitrogens is 1. The van der Waals surface area contributed by atoms with E-state index < -0.39 is 11.0 Å². The fourth-order valence-electron chi connectivity index (χ4n) is 2.75. The van der Waals surface area contributed by atoms with E-state index in [1.54, 1.807) is 4.57 Å². The van der Waals surface area contributed by atoms with Gasteiger partial charge in [-0.3, -0.25) is 14.9 Å². The fraction of sp³-hybridized carbons (Fsp3) is 0.643. The number of aliphatic hydroxyl groups is 1. The molecule has 1 aliphatic rings. The van der Waals surface area contributed by atoms with E-state index >= 15 is 0 Å². The van der Waals surface area contributed by atoms with Crippen molar-refractivity contribution in [3.8, 4) is 0 Å². The lowest BCUT2D eigenvalue weighted by atomic mass is 10.1. The number of nitrogens with zero attached hydrogens (tertiary/aromatic N) is 2. The number of carbonyl (C=O) groups excluding carboxylic acids is 1. The molecule has 0 bridgehead atoms. The molecule has 0 saturated heterocycles. The first kappa shape index (κ1) is 15.5. The summed E-state index contributed by atoms with van der Waals surface area (Å²) in [6, 6.07) is 1.00. The molecular weight excluding hydrogens is 274 g/mol. The Labute approximate surface area is 123 Å². The molecule has 1 aromatic rings. The minimum absolute atomic E-state index is 0.0941. The standard InChI is InChI=1S/C14H21N3O4/c1-2-16-9-10(17(20)21)8-12(16)14(19)15-11-6-4-3-5-7-13(11)18/h8-9,11,13,18H,2-7H2,1H3,(H,15,19). The first-order valence-corrected chi connectivity index (χ1v) is 7.36. The maximum atomic E-state index is 12.3. The van der Waals surface area contributed by atoms with Gasteiger partial charge in [-0.25, -0.2) is 0 Å². The molecule has 1 heterocycles. The second-order valence-electron chi connectivity index (χ2n) is 5.41. The van der Waals surface area contributed by atoms with Crippen LogP contribution in [0.1, 0.15) is 49.5 Å². The lowest BCUT2D eigenvalue weighted by Gasteiger charge is -2.21. The molecule has 1 fully saturated rings. The van der Waals surface area contributed by atoms with E-state index in [2.05, 4.69) is 5.32 Å². The molecule has 21 heavy (non-hydrogen) atoms. The van der Waals surface area contributed by atoms with Crippen LogP contribution >= 0.6 is 0 Å². The lowest BCUT2D eigenvalue weighted by molar-refractivity contribution is -0.384. The molecule has 0 aliphatic heterocycles. The summed E-state index contributed by atoms with van der Waals surface area (Å²) in [6.07, 6.45) is 5.22. The molecular formula is C14H21N3O4. The van der Waals surface area contributed by atoms with E-state index in [4.69, 9.17) is 0 Å². The average Bonchev–Trinajstić information content (AvgIpc) is 2.80. The van der Waals surface area contributed by atoms with Crippen LogP contribution in [0, 0.1) is 10.1 Å². The SMILES string of the molecule is CCn1cc([N+](=O)[O-])cc1C(=O)NC1CCCCCC1O. The number of amides is 1. The van der Waals surface area contributed by atoms with Crippen molar-refractivity contribution in [1.29, 1.82) is 0 Å². The third kappa shape index (κ3) is 3.60. The molecule has 7 heteroatoms. The smallest absolute Gasteiger partial charge is 0.287 e. The van der Waals surface area contributed by atoms with E-state index in [1.165, 1.54) is 12.3 Å². The van der Waals surface area contributed by atoms with Crippen LogP contribution in [-0.2, 0) is 6.54 Å². The van der Waals surface area contributed by atoms with Crippen molar-refractivity contribution in [3.63, 3.8) is 0 Å². The molecule has 2 rings (SSSR count). The Balaban J connectivity index is 2.13. The Morgan fingerprint density at radius 3 is 2.86 bits per heavy atom. The van der Waals surface area contributed by atoms with Crippen molar-refractivity contribution in [2.24, 2.45) is 0 Å². The first-order chi connectivity index (χ1) is 10.0. The molecule has 2 unspecified atom stereocenters. The van der Waals surface area contributed by atoms with Crippen LogP contribution in [0.5, 0.6) is 0 Å². The van der Waals surface area contributed by atoms with Gasteiger partial charge in [0.15, 0.2) is 0 Å². The van der Waals surface area contributed by atoms with Gasteiger partial charge in [0.1, 0.15) is 5.69 Å². The van der Waals surface area contributed by atoms with Crippen molar-refractivity contribution in [1.82, 2.24) is 9.88 Å². The van der Waals surface area contributed by atoms with Gasteiger partial charge in [-0.2, -0.15) is 0 Å². The zero-order valence-electron chi connectivity index (χ0n) is 12.1. The van der Waals surface area contributed by atoms with E-state index in [0.717, 1.165) is 25.7 Å². The molecule has 2 N–H and O–H groups in total. The summed E-state index contributed by atoms with van der Waals surface area (Å²) in [5.41, 5.74) is 0.170. The summed E-state index contributed by atoms with van der Waals surface area (Å²) < 4.78 is 1.55. The van der Waals surface area contributed by atoms with Gasteiger partial charge in [0.2, 0.25) is 0 Å². The number of rotatable bonds is 4. The fourth-order valence-corrected chi connectivity index (χ4v) is 2.75. The van der Waals surface area contributed by atoms with Crippen molar-refractivity contribution < 1.29 is 14.8 Å². The highest BCUT2D eigenvalue weighted by Gasteiger charge is 2.26. The monoisotopic (exact) mass is 295 g/mol. The quantitative estimate of drug-likeness (QED) is 0.503. The molecule has 1 amide bonds. The van der Waals surface area contributed by atoms with Crippen molar-refractivity contribution in [2.45, 2.75) is 57.7 Å². The Hall–Kier alpha value is -1.89. The Morgan fingerprint density at radius 2 is 2.19 bits per heavy atom. The number of nitrogens with one attached hydrogen (secondary N) is 1. The summed E-state index contributed by atoms with van der Waals surface area (Å²) in [6.45, 7) is 2.30. The Kier molecular flexibility index (Phi) is 4.95. The van der Waals surface area contributed by atoms with Crippen LogP contribution in [0.2, 0.25) is 0 Å². The number of hydrogen-bond acceptors (Lipinski definition) is 4. The summed E-state index contributed by atoms with van der Waals surface area (Å²) in [5, 5.41) is 23.7. The summed E-state index contributed by atoms with van der Waals surface area (Å²) in [4.78, 5) is 22.6. The number of nitro groups is 1. The molecule has 7 nitrogen and oxygen atoms in total. The highest BCUT2D eigenvalue weighted by molar-refractivity contribution is 5.93. The van der Waals surface area contributed by atoms with Crippen molar-refractivity contribution >= 4 is 11.6 Å². The number of aliphatic hydroxyl groups excluding tert-OH is 1. The van der Waals surface area contributed by atoms with E-state index in [9.17, 15) is 20.0 Å². The van der Waals surface area contributed by atoms with E-state index in [-0.39, 0.29) is 23.3 Å². The molecule has 0 spiro atoms. The highest BCUT2D eigenvalue weighted by atomic mass is 16.6. The maximum Gasteiger partial charge on any atom is 0.287 e. The molecule has 0 radical (unpaired) electrons. The van der Waals surface area contributed by atoms with Crippen LogP contribution in [0.25, 0.3) is 0 Å². The predicted molar refractivity (Wildman–Crippen MR) is 77.1 cm³/mol. The van der Waals surface area contributed by atoms with Gasteiger partial charge in [-0.1, -0.05) is 19.3 Å². The summed E-state index contributed by atoms with van der Waals surface area (Å²) in [7, 11) is 0. The van der Waals surface area contributed by atoms with Gasteiger partial charge in [0.25, 0.3) is 11.6 Å². The minimum Gasteiger partial charge on any atom is -0.391 e. The topological polar surface area (TPSA) is 97.4 Å². The second kappa shape index (κ2) is 6.71. The average molecular weight is 295 g/mol. The summed E-state index contributed by atoms with van der Waals surface area (Å²) in [5.74, 6) is -0.365. The first-order valence-electron chi connectivity index (χ1n) is 7.36. The number of carbonyl (C=O) groups is 1. The summed E-state index contributed by atoms with van der Waals surface area (Å²) >= 11 is 0. The third-order valence-corrected chi connectivity index (χ3v) is 3.96. The zero-order chi connectivity index (χ0) is 15.4. The largest absolute Gasteiger partial charge is 0.391 e. The molecule has 1 aliphatic carbocycles. The predicted octanol–water partition coefficient (Wildman–Crippen LogP) is 1.84. The minimum atomic E-state index is -0.545. The molecule has 0 aromatic carbocycles. The van der Waals surface area contributed by atoms with Crippen LogP contribution in [0.15, 0.2) is 12.3 Å². The van der Waals surface area contributed by atoms with E-state index in [1.807, 2.05) is 6.92 Å². The van der Waals surface area contributed by atoms with Crippen LogP contribution < -0.4 is 5.32 Å². The van der Waals surface area contributed by atoms with Gasteiger partial charge < -0.3 is 15.0 Å². The van der Waals surface area contributed by atoms with Crippen molar-refractivity contribution in [3.05, 3.63) is 28.1 Å². The zero-order valence-corrected chi connectivity index (χ0v) is 12.1. The Morgan fingerprint density at radius 1 is 1.48 bits per heavy atom. The maximum absolute atomic E-state index is 12.3. The Bertz CT molecular complexity index is 526. The lowest BCUT2D eigenvalue weighted by Crippen LogP contribution is -2.43. The van der Waals surface area contributed by atoms with Crippen LogP contribution in [0.3, 0.4) is 0 Å². The second-order valence-corrected chi connectivity index (χ2v) is 5.41. The van der Waals surface area contributed by atoms with Gasteiger partial charge in [0, 0.05) is 12.6 Å². The van der Waals surface area contributed by atoms with E-state index in [0.29, 0.717) is 13.0 Å². The number of hydrogen-bond donors (Lipinski definition) is 2. The molecule has 1 aromatic heterocycles. The van der Waals surface area contributed by atoms with Gasteiger partial charge >= 0.3 is 0 Å². The molecule has 116 valence electrons. The van der Waals surface area contributed by atoms with Gasteiger partial charge in [0.05, 0.1) is 23.3 Å². The van der Waals surface area contributed by atoms with Crippen LogP contribution in [-0.4, -0.2) is 32.6 Å².